The quantitative estimate of drug-likeness (QED) is 0.883. The van der Waals surface area contributed by atoms with Crippen molar-refractivity contribution in [3.05, 3.63) is 23.9 Å². The first-order valence-corrected chi connectivity index (χ1v) is 6.70. The minimum Gasteiger partial charge on any atom is -0.375 e. The zero-order valence-corrected chi connectivity index (χ0v) is 11.5. The van der Waals surface area contributed by atoms with Crippen molar-refractivity contribution in [3.63, 3.8) is 0 Å². The molecule has 1 aliphatic heterocycles. The molecule has 1 saturated heterocycles. The maximum absolute atomic E-state index is 5.58. The fourth-order valence-electron chi connectivity index (χ4n) is 2.18. The second-order valence-corrected chi connectivity index (χ2v) is 5.15. The number of aromatic nitrogens is 1. The summed E-state index contributed by atoms with van der Waals surface area (Å²) in [5, 5.41) is 3.45. The summed E-state index contributed by atoms with van der Waals surface area (Å²) in [4.78, 5) is 6.87. The Morgan fingerprint density at radius 2 is 2.39 bits per heavy atom. The lowest BCUT2D eigenvalue weighted by Gasteiger charge is -2.33. The van der Waals surface area contributed by atoms with Gasteiger partial charge in [-0.1, -0.05) is 19.9 Å². The number of ether oxygens (including phenoxy) is 1. The second kappa shape index (κ2) is 6.16. The molecule has 4 nitrogen and oxygen atoms in total. The summed E-state index contributed by atoms with van der Waals surface area (Å²) in [6, 6.07) is 4.64. The van der Waals surface area contributed by atoms with Gasteiger partial charge in [-0.25, -0.2) is 4.98 Å². The van der Waals surface area contributed by atoms with Crippen molar-refractivity contribution >= 4 is 5.82 Å². The number of morpholine rings is 1. The Balaban J connectivity index is 2.10. The van der Waals surface area contributed by atoms with Crippen molar-refractivity contribution < 1.29 is 4.74 Å². The van der Waals surface area contributed by atoms with Crippen LogP contribution in [0.1, 0.15) is 26.3 Å². The van der Waals surface area contributed by atoms with Gasteiger partial charge in [0.25, 0.3) is 0 Å². The molecule has 0 aliphatic carbocycles. The van der Waals surface area contributed by atoms with Crippen molar-refractivity contribution in [3.8, 4) is 0 Å². The van der Waals surface area contributed by atoms with Crippen LogP contribution in [0, 0.1) is 0 Å². The summed E-state index contributed by atoms with van der Waals surface area (Å²) in [6.45, 7) is 9.93. The van der Waals surface area contributed by atoms with Gasteiger partial charge >= 0.3 is 0 Å². The molecule has 0 amide bonds. The number of rotatable bonds is 4. The molecule has 1 aromatic rings. The Morgan fingerprint density at radius 1 is 1.56 bits per heavy atom. The van der Waals surface area contributed by atoms with Gasteiger partial charge in [-0.2, -0.15) is 0 Å². The van der Waals surface area contributed by atoms with Gasteiger partial charge in [0.2, 0.25) is 0 Å². The third-order valence-corrected chi connectivity index (χ3v) is 3.11. The van der Waals surface area contributed by atoms with Crippen molar-refractivity contribution in [1.82, 2.24) is 10.3 Å². The van der Waals surface area contributed by atoms with Crippen LogP contribution in [-0.2, 0) is 11.3 Å². The molecule has 100 valence electrons. The van der Waals surface area contributed by atoms with Crippen LogP contribution in [0.25, 0.3) is 0 Å². The zero-order chi connectivity index (χ0) is 13.0. The van der Waals surface area contributed by atoms with E-state index in [-0.39, 0.29) is 6.10 Å². The topological polar surface area (TPSA) is 37.4 Å². The first-order valence-electron chi connectivity index (χ1n) is 6.70. The van der Waals surface area contributed by atoms with Gasteiger partial charge < -0.3 is 15.0 Å². The summed E-state index contributed by atoms with van der Waals surface area (Å²) in [7, 11) is 0. The highest BCUT2D eigenvalue weighted by atomic mass is 16.5. The van der Waals surface area contributed by atoms with Gasteiger partial charge in [0.05, 0.1) is 12.7 Å². The fraction of sp³-hybridized carbons (Fsp3) is 0.643. The molecule has 0 bridgehead atoms. The highest BCUT2D eigenvalue weighted by Gasteiger charge is 2.19. The minimum atomic E-state index is 0.284. The Labute approximate surface area is 109 Å². The van der Waals surface area contributed by atoms with E-state index in [0.29, 0.717) is 6.04 Å². The number of hydrogen-bond acceptors (Lipinski definition) is 4. The average Bonchev–Trinajstić information content (AvgIpc) is 2.36. The molecule has 18 heavy (non-hydrogen) atoms. The van der Waals surface area contributed by atoms with Crippen molar-refractivity contribution in [1.29, 1.82) is 0 Å². The molecule has 0 spiro atoms. The van der Waals surface area contributed by atoms with Crippen LogP contribution in [0.15, 0.2) is 18.3 Å². The fourth-order valence-corrected chi connectivity index (χ4v) is 2.18. The molecule has 1 N–H and O–H groups in total. The smallest absolute Gasteiger partial charge is 0.133 e. The molecular weight excluding hydrogens is 226 g/mol. The summed E-state index contributed by atoms with van der Waals surface area (Å²) in [5.41, 5.74) is 1.26. The van der Waals surface area contributed by atoms with Crippen LogP contribution in [0.4, 0.5) is 5.82 Å². The van der Waals surface area contributed by atoms with E-state index in [2.05, 4.69) is 42.0 Å². The minimum absolute atomic E-state index is 0.284. The standard InChI is InChI=1S/C14H23N3O/c1-11(2)16-9-13-5-4-6-15-14(13)17-7-8-18-12(3)10-17/h4-6,11-12,16H,7-10H2,1-3H3. The lowest BCUT2D eigenvalue weighted by Crippen LogP contribution is -2.42. The van der Waals surface area contributed by atoms with Gasteiger partial charge in [-0.15, -0.1) is 0 Å². The number of hydrogen-bond donors (Lipinski definition) is 1. The maximum atomic E-state index is 5.58. The van der Waals surface area contributed by atoms with E-state index in [0.717, 1.165) is 32.1 Å². The van der Waals surface area contributed by atoms with E-state index in [9.17, 15) is 0 Å². The summed E-state index contributed by atoms with van der Waals surface area (Å²) in [5.74, 6) is 1.10. The van der Waals surface area contributed by atoms with Crippen molar-refractivity contribution in [2.45, 2.75) is 39.5 Å². The Kier molecular flexibility index (Phi) is 4.55. The van der Waals surface area contributed by atoms with Gasteiger partial charge in [0.15, 0.2) is 0 Å². The predicted octanol–water partition coefficient (Wildman–Crippen LogP) is 1.80. The van der Waals surface area contributed by atoms with Crippen LogP contribution in [0.2, 0.25) is 0 Å². The highest BCUT2D eigenvalue weighted by molar-refractivity contribution is 5.47. The molecule has 1 aliphatic rings. The van der Waals surface area contributed by atoms with Crippen LogP contribution in [-0.4, -0.2) is 36.8 Å². The van der Waals surface area contributed by atoms with E-state index in [1.807, 2.05) is 12.3 Å². The molecule has 0 aromatic carbocycles. The zero-order valence-electron chi connectivity index (χ0n) is 11.5. The molecule has 1 aromatic heterocycles. The molecule has 1 atom stereocenters. The van der Waals surface area contributed by atoms with E-state index in [4.69, 9.17) is 4.74 Å². The third-order valence-electron chi connectivity index (χ3n) is 3.11. The number of nitrogens with zero attached hydrogens (tertiary/aromatic N) is 2. The number of nitrogens with one attached hydrogen (secondary N) is 1. The molecule has 0 saturated carbocycles. The molecule has 4 heteroatoms. The second-order valence-electron chi connectivity index (χ2n) is 5.15. The summed E-state index contributed by atoms with van der Waals surface area (Å²) < 4.78 is 5.58. The van der Waals surface area contributed by atoms with E-state index in [1.165, 1.54) is 5.56 Å². The van der Waals surface area contributed by atoms with E-state index in [1.54, 1.807) is 0 Å². The summed E-state index contributed by atoms with van der Waals surface area (Å²) >= 11 is 0. The number of pyridine rings is 1. The first kappa shape index (κ1) is 13.3. The van der Waals surface area contributed by atoms with Gasteiger partial charge in [0, 0.05) is 37.4 Å². The highest BCUT2D eigenvalue weighted by Crippen LogP contribution is 2.19. The number of anilines is 1. The first-order chi connectivity index (χ1) is 8.66. The molecule has 1 unspecified atom stereocenters. The Bertz CT molecular complexity index is 381. The monoisotopic (exact) mass is 249 g/mol. The maximum Gasteiger partial charge on any atom is 0.133 e. The Morgan fingerprint density at radius 3 is 3.11 bits per heavy atom. The molecule has 0 radical (unpaired) electrons. The third kappa shape index (κ3) is 3.43. The summed E-state index contributed by atoms with van der Waals surface area (Å²) in [6.07, 6.45) is 2.15. The Hall–Kier alpha value is -1.13. The lowest BCUT2D eigenvalue weighted by atomic mass is 10.2. The average molecular weight is 249 g/mol. The van der Waals surface area contributed by atoms with Crippen molar-refractivity contribution in [2.24, 2.45) is 0 Å². The van der Waals surface area contributed by atoms with Gasteiger partial charge in [0.1, 0.15) is 5.82 Å². The van der Waals surface area contributed by atoms with Crippen LogP contribution in [0.3, 0.4) is 0 Å². The molecule has 1 fully saturated rings. The largest absolute Gasteiger partial charge is 0.375 e. The molecule has 2 heterocycles. The van der Waals surface area contributed by atoms with E-state index >= 15 is 0 Å². The molecule has 2 rings (SSSR count). The van der Waals surface area contributed by atoms with Crippen LogP contribution < -0.4 is 10.2 Å². The van der Waals surface area contributed by atoms with Crippen LogP contribution >= 0.6 is 0 Å². The van der Waals surface area contributed by atoms with Crippen molar-refractivity contribution in [2.75, 3.05) is 24.6 Å². The van der Waals surface area contributed by atoms with Gasteiger partial charge in [-0.3, -0.25) is 0 Å². The van der Waals surface area contributed by atoms with E-state index < -0.39 is 0 Å². The SMILES string of the molecule is CC(C)NCc1cccnc1N1CCOC(C)C1. The lowest BCUT2D eigenvalue weighted by molar-refractivity contribution is 0.0529. The predicted molar refractivity (Wildman–Crippen MR) is 73.8 cm³/mol. The van der Waals surface area contributed by atoms with Crippen LogP contribution in [0.5, 0.6) is 0 Å². The normalized spacial score (nSPS) is 20.4. The van der Waals surface area contributed by atoms with Gasteiger partial charge in [-0.05, 0) is 13.0 Å². The molecular formula is C14H23N3O.